The highest BCUT2D eigenvalue weighted by molar-refractivity contribution is 14.0. The number of guanidine groups is 1. The molecular formula is C14H30FIN4O3S. The second kappa shape index (κ2) is 12.2. The molecule has 0 aliphatic carbocycles. The Hall–Kier alpha value is -0.200. The second-order valence-corrected chi connectivity index (χ2v) is 7.73. The Labute approximate surface area is 162 Å². The van der Waals surface area contributed by atoms with Crippen LogP contribution in [0.15, 0.2) is 4.99 Å². The summed E-state index contributed by atoms with van der Waals surface area (Å²) in [4.78, 5) is 6.16. The molecule has 0 aromatic carbocycles. The molecule has 1 fully saturated rings. The number of sulfonamides is 1. The molecule has 24 heavy (non-hydrogen) atoms. The van der Waals surface area contributed by atoms with Crippen LogP contribution in [0.4, 0.5) is 4.39 Å². The summed E-state index contributed by atoms with van der Waals surface area (Å²) in [6, 6.07) is 0. The Morgan fingerprint density at radius 1 is 1.29 bits per heavy atom. The van der Waals surface area contributed by atoms with Crippen molar-refractivity contribution in [1.29, 1.82) is 0 Å². The molecule has 1 saturated heterocycles. The summed E-state index contributed by atoms with van der Waals surface area (Å²) in [7, 11) is -1.61. The van der Waals surface area contributed by atoms with E-state index in [1.165, 1.54) is 4.31 Å². The van der Waals surface area contributed by atoms with Gasteiger partial charge in [-0.05, 0) is 20.3 Å². The molecule has 0 amide bonds. The zero-order valence-corrected chi connectivity index (χ0v) is 17.8. The molecule has 0 aromatic rings. The van der Waals surface area contributed by atoms with E-state index in [1.54, 1.807) is 7.05 Å². The van der Waals surface area contributed by atoms with Gasteiger partial charge >= 0.3 is 0 Å². The van der Waals surface area contributed by atoms with Gasteiger partial charge in [0.05, 0.1) is 25.1 Å². The highest BCUT2D eigenvalue weighted by Gasteiger charge is 2.27. The third-order valence-corrected chi connectivity index (χ3v) is 5.36. The van der Waals surface area contributed by atoms with E-state index >= 15 is 0 Å². The van der Waals surface area contributed by atoms with Crippen LogP contribution in [0.1, 0.15) is 20.3 Å². The van der Waals surface area contributed by atoms with Gasteiger partial charge in [0, 0.05) is 39.8 Å². The molecule has 7 nitrogen and oxygen atoms in total. The molecule has 144 valence electrons. The molecule has 1 aliphatic heterocycles. The molecule has 0 saturated carbocycles. The van der Waals surface area contributed by atoms with Gasteiger partial charge in [0.2, 0.25) is 10.0 Å². The molecule has 1 rings (SSSR count). The number of nitrogens with zero attached hydrogens (tertiary/aromatic N) is 3. The molecule has 1 heterocycles. The minimum atomic E-state index is -3.28. The summed E-state index contributed by atoms with van der Waals surface area (Å²) in [6.07, 6.45) is 0.462. The lowest BCUT2D eigenvalue weighted by molar-refractivity contribution is 0.0904. The minimum absolute atomic E-state index is 0. The van der Waals surface area contributed by atoms with Gasteiger partial charge in [-0.2, -0.15) is 4.31 Å². The van der Waals surface area contributed by atoms with E-state index < -0.39 is 10.0 Å². The molecular weight excluding hydrogens is 450 g/mol. The molecule has 0 spiro atoms. The van der Waals surface area contributed by atoms with Gasteiger partial charge < -0.3 is 15.0 Å². The number of ether oxygens (including phenoxy) is 1. The van der Waals surface area contributed by atoms with Gasteiger partial charge in [-0.25, -0.2) is 8.42 Å². The zero-order chi connectivity index (χ0) is 17.3. The Balaban J connectivity index is 0.00000529. The van der Waals surface area contributed by atoms with E-state index in [9.17, 15) is 12.8 Å². The van der Waals surface area contributed by atoms with Crippen molar-refractivity contribution in [3.63, 3.8) is 0 Å². The van der Waals surface area contributed by atoms with Crippen LogP contribution in [-0.2, 0) is 14.8 Å². The fourth-order valence-corrected chi connectivity index (χ4v) is 3.58. The molecule has 0 unspecified atom stereocenters. The van der Waals surface area contributed by atoms with Crippen molar-refractivity contribution in [2.75, 3.05) is 58.8 Å². The first kappa shape index (κ1) is 23.8. The number of aliphatic imine (C=N–C) groups is 1. The predicted octanol–water partition coefficient (Wildman–Crippen LogP) is 0.912. The Bertz CT molecular complexity index is 469. The monoisotopic (exact) mass is 480 g/mol. The van der Waals surface area contributed by atoms with E-state index in [-0.39, 0.29) is 49.1 Å². The molecule has 0 bridgehead atoms. The van der Waals surface area contributed by atoms with E-state index in [1.807, 2.05) is 18.7 Å². The summed E-state index contributed by atoms with van der Waals surface area (Å²) >= 11 is 0. The van der Waals surface area contributed by atoms with Crippen LogP contribution in [0, 0.1) is 0 Å². The number of rotatable bonds is 8. The van der Waals surface area contributed by atoms with E-state index in [2.05, 4.69) is 10.3 Å². The van der Waals surface area contributed by atoms with Crippen LogP contribution in [0.25, 0.3) is 0 Å². The maximum atomic E-state index is 12.3. The number of hydrogen-bond acceptors (Lipinski definition) is 4. The number of halogens is 2. The predicted molar refractivity (Wildman–Crippen MR) is 105 cm³/mol. The maximum Gasteiger partial charge on any atom is 0.216 e. The normalized spacial score (nSPS) is 17.0. The lowest BCUT2D eigenvalue weighted by Gasteiger charge is -2.35. The van der Waals surface area contributed by atoms with Crippen LogP contribution in [-0.4, -0.2) is 88.5 Å². The average molecular weight is 480 g/mol. The van der Waals surface area contributed by atoms with Crippen molar-refractivity contribution < 1.29 is 17.5 Å². The van der Waals surface area contributed by atoms with E-state index in [0.717, 1.165) is 0 Å². The molecule has 0 radical (unpaired) electrons. The first-order valence-electron chi connectivity index (χ1n) is 8.01. The number of hydrogen-bond donors (Lipinski definition) is 1. The van der Waals surface area contributed by atoms with Crippen LogP contribution in [0.3, 0.4) is 0 Å². The molecule has 10 heteroatoms. The lowest BCUT2D eigenvalue weighted by Crippen LogP contribution is -2.54. The standard InChI is InChI=1S/C14H29FN4O3S.HI/c1-13(2)22-11-12-23(20,21)19-9-7-18(8-10-19)14(16-3)17-6-4-5-15;/h13H,4-12H2,1-3H3,(H,16,17);1H. The largest absolute Gasteiger partial charge is 0.378 e. The van der Waals surface area contributed by atoms with Gasteiger partial charge in [0.15, 0.2) is 5.96 Å². The van der Waals surface area contributed by atoms with Crippen LogP contribution in [0.5, 0.6) is 0 Å². The SMILES string of the molecule is CN=C(NCCCF)N1CCN(S(=O)(=O)CCOC(C)C)CC1.I. The van der Waals surface area contributed by atoms with Crippen molar-refractivity contribution in [2.45, 2.75) is 26.4 Å². The molecule has 1 N–H and O–H groups in total. The van der Waals surface area contributed by atoms with Crippen LogP contribution < -0.4 is 5.32 Å². The summed E-state index contributed by atoms with van der Waals surface area (Å²) in [5.41, 5.74) is 0. The van der Waals surface area contributed by atoms with Crippen LogP contribution >= 0.6 is 24.0 Å². The maximum absolute atomic E-state index is 12.3. The summed E-state index contributed by atoms with van der Waals surface area (Å²) in [5.74, 6) is 0.702. The minimum Gasteiger partial charge on any atom is -0.378 e. The van der Waals surface area contributed by atoms with Gasteiger partial charge in [0.1, 0.15) is 0 Å². The molecule has 0 atom stereocenters. The van der Waals surface area contributed by atoms with Gasteiger partial charge in [-0.15, -0.1) is 24.0 Å². The summed E-state index contributed by atoms with van der Waals surface area (Å²) in [6.45, 7) is 6.12. The first-order valence-corrected chi connectivity index (χ1v) is 9.62. The van der Waals surface area contributed by atoms with Crippen molar-refractivity contribution in [3.05, 3.63) is 0 Å². The summed E-state index contributed by atoms with van der Waals surface area (Å²) in [5, 5.41) is 3.09. The second-order valence-electron chi connectivity index (χ2n) is 5.64. The van der Waals surface area contributed by atoms with Crippen LogP contribution in [0.2, 0.25) is 0 Å². The fraction of sp³-hybridized carbons (Fsp3) is 0.929. The number of piperazine rings is 1. The third kappa shape index (κ3) is 8.26. The quantitative estimate of drug-likeness (QED) is 0.242. The molecule has 0 aromatic heterocycles. The average Bonchev–Trinajstić information content (AvgIpc) is 2.51. The molecule has 1 aliphatic rings. The van der Waals surface area contributed by atoms with Crippen molar-refractivity contribution in [1.82, 2.24) is 14.5 Å². The van der Waals surface area contributed by atoms with E-state index in [0.29, 0.717) is 45.1 Å². The Kier molecular flexibility index (Phi) is 12.1. The van der Waals surface area contributed by atoms with E-state index in [4.69, 9.17) is 4.74 Å². The fourth-order valence-electron chi connectivity index (χ4n) is 2.30. The smallest absolute Gasteiger partial charge is 0.216 e. The summed E-state index contributed by atoms with van der Waals surface area (Å²) < 4.78 is 43.5. The van der Waals surface area contributed by atoms with Crippen molar-refractivity contribution >= 4 is 40.0 Å². The third-order valence-electron chi connectivity index (χ3n) is 3.53. The van der Waals surface area contributed by atoms with Gasteiger partial charge in [0.25, 0.3) is 0 Å². The lowest BCUT2D eigenvalue weighted by atomic mass is 10.4. The highest BCUT2D eigenvalue weighted by atomic mass is 127. The van der Waals surface area contributed by atoms with Gasteiger partial charge in [-0.1, -0.05) is 0 Å². The topological polar surface area (TPSA) is 74.2 Å². The zero-order valence-electron chi connectivity index (χ0n) is 14.7. The first-order chi connectivity index (χ1) is 10.9. The number of alkyl halides is 1. The Morgan fingerprint density at radius 3 is 2.42 bits per heavy atom. The Morgan fingerprint density at radius 2 is 1.92 bits per heavy atom. The van der Waals surface area contributed by atoms with Crippen molar-refractivity contribution in [3.8, 4) is 0 Å². The highest BCUT2D eigenvalue weighted by Crippen LogP contribution is 2.09. The number of nitrogens with one attached hydrogen (secondary N) is 1. The van der Waals surface area contributed by atoms with Gasteiger partial charge in [-0.3, -0.25) is 9.38 Å². The van der Waals surface area contributed by atoms with Crippen molar-refractivity contribution in [2.24, 2.45) is 4.99 Å².